The maximum atomic E-state index is 11.9. The van der Waals surface area contributed by atoms with Gasteiger partial charge in [-0.2, -0.15) is 0 Å². The molecule has 0 saturated carbocycles. The van der Waals surface area contributed by atoms with Gasteiger partial charge in [0.15, 0.2) is 0 Å². The average Bonchev–Trinajstić information content (AvgIpc) is 3.00. The van der Waals surface area contributed by atoms with E-state index >= 15 is 0 Å². The van der Waals surface area contributed by atoms with E-state index in [1.54, 1.807) is 17.9 Å². The first-order chi connectivity index (χ1) is 10.7. The predicted octanol–water partition coefficient (Wildman–Crippen LogP) is 2.95. The summed E-state index contributed by atoms with van der Waals surface area (Å²) in [5.74, 6) is -0.608. The van der Waals surface area contributed by atoms with E-state index in [-0.39, 0.29) is 17.9 Å². The lowest BCUT2D eigenvalue weighted by atomic mass is 10.0. The number of thiazole rings is 1. The largest absolute Gasteiger partial charge is 0.370 e. The number of nitrogens with zero attached hydrogens (tertiary/aromatic N) is 2. The molecule has 1 amide bonds. The number of ether oxygens (including phenoxy) is 1. The summed E-state index contributed by atoms with van der Waals surface area (Å²) in [5, 5.41) is 9.65. The Kier molecular flexibility index (Phi) is 4.47. The van der Waals surface area contributed by atoms with E-state index in [0.29, 0.717) is 5.01 Å². The molecule has 2 atom stereocenters. The van der Waals surface area contributed by atoms with Gasteiger partial charge in [0.2, 0.25) is 0 Å². The van der Waals surface area contributed by atoms with Crippen LogP contribution < -0.4 is 5.48 Å². The zero-order chi connectivity index (χ0) is 15.5. The van der Waals surface area contributed by atoms with Crippen molar-refractivity contribution in [2.45, 2.75) is 38.4 Å². The van der Waals surface area contributed by atoms with Gasteiger partial charge >= 0.3 is 0 Å². The third-order valence-electron chi connectivity index (χ3n) is 3.64. The van der Waals surface area contributed by atoms with Crippen LogP contribution in [-0.4, -0.2) is 27.2 Å². The molecule has 0 aliphatic carbocycles. The quantitative estimate of drug-likeness (QED) is 0.671. The minimum Gasteiger partial charge on any atom is -0.370 e. The van der Waals surface area contributed by atoms with Crippen molar-refractivity contribution in [3.63, 3.8) is 0 Å². The molecule has 2 unspecified atom stereocenters. The Hall–Kier alpha value is -1.83. The van der Waals surface area contributed by atoms with Crippen LogP contribution >= 0.6 is 11.3 Å². The lowest BCUT2D eigenvalue weighted by molar-refractivity contribution is -0.0400. The summed E-state index contributed by atoms with van der Waals surface area (Å²) in [6.45, 7) is 2.03. The number of rotatable bonds is 3. The predicted molar refractivity (Wildman–Crippen MR) is 81.7 cm³/mol. The van der Waals surface area contributed by atoms with Crippen LogP contribution in [0.5, 0.6) is 0 Å². The van der Waals surface area contributed by atoms with Crippen molar-refractivity contribution in [3.8, 4) is 10.6 Å². The number of pyridine rings is 1. The number of nitrogens with one attached hydrogen (secondary N) is 1. The highest BCUT2D eigenvalue weighted by atomic mass is 32.1. The van der Waals surface area contributed by atoms with E-state index < -0.39 is 5.91 Å². The highest BCUT2D eigenvalue weighted by molar-refractivity contribution is 7.15. The molecule has 1 aliphatic rings. The zero-order valence-electron chi connectivity index (χ0n) is 12.2. The van der Waals surface area contributed by atoms with Crippen LogP contribution in [0, 0.1) is 0 Å². The molecular weight excluding hydrogens is 302 g/mol. The molecule has 116 valence electrons. The van der Waals surface area contributed by atoms with Crippen LogP contribution in [0.2, 0.25) is 0 Å². The summed E-state index contributed by atoms with van der Waals surface area (Å²) < 4.78 is 5.95. The number of carbonyl (C=O) groups excluding carboxylic acids is 1. The van der Waals surface area contributed by atoms with Crippen LogP contribution in [-0.2, 0) is 4.74 Å². The summed E-state index contributed by atoms with van der Waals surface area (Å²) in [4.78, 5) is 21.1. The SMILES string of the molecule is CC1CCCC(c2sc(-c3cccnc3)nc2C(=O)NO)O1. The number of hydroxylamine groups is 1. The Morgan fingerprint density at radius 2 is 2.36 bits per heavy atom. The molecule has 0 aromatic carbocycles. The Bertz CT molecular complexity index is 659. The van der Waals surface area contributed by atoms with Gasteiger partial charge in [-0.1, -0.05) is 0 Å². The van der Waals surface area contributed by atoms with Crippen molar-refractivity contribution in [2.75, 3.05) is 0 Å². The van der Waals surface area contributed by atoms with Gasteiger partial charge in [-0.05, 0) is 38.3 Å². The van der Waals surface area contributed by atoms with Crippen LogP contribution in [0.15, 0.2) is 24.5 Å². The van der Waals surface area contributed by atoms with Crippen LogP contribution in [0.4, 0.5) is 0 Å². The molecule has 3 heterocycles. The van der Waals surface area contributed by atoms with Gasteiger partial charge in [-0.25, -0.2) is 10.5 Å². The topological polar surface area (TPSA) is 84.3 Å². The van der Waals surface area contributed by atoms with Crippen molar-refractivity contribution >= 4 is 17.2 Å². The molecular formula is C15H17N3O3S. The molecule has 1 aliphatic heterocycles. The van der Waals surface area contributed by atoms with Gasteiger partial charge in [0.1, 0.15) is 10.7 Å². The van der Waals surface area contributed by atoms with E-state index in [0.717, 1.165) is 29.7 Å². The van der Waals surface area contributed by atoms with Crippen molar-refractivity contribution in [1.29, 1.82) is 0 Å². The molecule has 0 bridgehead atoms. The van der Waals surface area contributed by atoms with E-state index in [2.05, 4.69) is 9.97 Å². The van der Waals surface area contributed by atoms with E-state index in [1.165, 1.54) is 11.3 Å². The Labute approximate surface area is 132 Å². The minimum absolute atomic E-state index is 0.154. The van der Waals surface area contributed by atoms with Crippen molar-refractivity contribution in [3.05, 3.63) is 35.1 Å². The van der Waals surface area contributed by atoms with E-state index in [1.807, 2.05) is 19.1 Å². The lowest BCUT2D eigenvalue weighted by Crippen LogP contribution is -2.24. The number of hydrogen-bond acceptors (Lipinski definition) is 6. The number of carbonyl (C=O) groups is 1. The highest BCUT2D eigenvalue weighted by Gasteiger charge is 2.29. The highest BCUT2D eigenvalue weighted by Crippen LogP contribution is 2.38. The fourth-order valence-electron chi connectivity index (χ4n) is 2.58. The monoisotopic (exact) mass is 319 g/mol. The maximum Gasteiger partial charge on any atom is 0.294 e. The first-order valence-electron chi connectivity index (χ1n) is 7.20. The average molecular weight is 319 g/mol. The van der Waals surface area contributed by atoms with E-state index in [9.17, 15) is 4.79 Å². The second kappa shape index (κ2) is 6.51. The van der Waals surface area contributed by atoms with Crippen LogP contribution in [0.1, 0.15) is 47.7 Å². The summed E-state index contributed by atoms with van der Waals surface area (Å²) >= 11 is 1.42. The molecule has 2 aromatic heterocycles. The first kappa shape index (κ1) is 15.1. The number of hydrogen-bond donors (Lipinski definition) is 2. The normalized spacial score (nSPS) is 21.5. The zero-order valence-corrected chi connectivity index (χ0v) is 13.0. The van der Waals surface area contributed by atoms with Gasteiger partial charge in [0.05, 0.1) is 17.1 Å². The third kappa shape index (κ3) is 3.01. The summed E-state index contributed by atoms with van der Waals surface area (Å²) in [6, 6.07) is 3.71. The van der Waals surface area contributed by atoms with Crippen molar-refractivity contribution in [2.24, 2.45) is 0 Å². The maximum absolute atomic E-state index is 11.9. The number of amides is 1. The fraction of sp³-hybridized carbons (Fsp3) is 0.400. The van der Waals surface area contributed by atoms with Gasteiger partial charge in [0.25, 0.3) is 5.91 Å². The molecule has 3 rings (SSSR count). The van der Waals surface area contributed by atoms with E-state index in [4.69, 9.17) is 9.94 Å². The molecule has 1 fully saturated rings. The molecule has 0 radical (unpaired) electrons. The summed E-state index contributed by atoms with van der Waals surface area (Å²) in [6.07, 6.45) is 6.31. The Morgan fingerprint density at radius 3 is 3.05 bits per heavy atom. The fourth-order valence-corrected chi connectivity index (χ4v) is 3.70. The summed E-state index contributed by atoms with van der Waals surface area (Å²) in [5.41, 5.74) is 2.74. The number of aromatic nitrogens is 2. The first-order valence-corrected chi connectivity index (χ1v) is 8.01. The molecule has 2 aromatic rings. The molecule has 6 nitrogen and oxygen atoms in total. The molecule has 22 heavy (non-hydrogen) atoms. The summed E-state index contributed by atoms with van der Waals surface area (Å²) in [7, 11) is 0. The van der Waals surface area contributed by atoms with Gasteiger partial charge in [-0.15, -0.1) is 11.3 Å². The molecule has 0 spiro atoms. The Balaban J connectivity index is 2.00. The molecule has 2 N–H and O–H groups in total. The van der Waals surface area contributed by atoms with Crippen LogP contribution in [0.25, 0.3) is 10.6 Å². The standard InChI is InChI=1S/C15H17N3O3S/c1-9-4-2-6-11(21-9)13-12(14(19)18-20)17-15(22-13)10-5-3-7-16-8-10/h3,5,7-9,11,20H,2,4,6H2,1H3,(H,18,19). The van der Waals surface area contributed by atoms with Crippen molar-refractivity contribution < 1.29 is 14.7 Å². The van der Waals surface area contributed by atoms with Crippen LogP contribution in [0.3, 0.4) is 0 Å². The molecule has 7 heteroatoms. The van der Waals surface area contributed by atoms with Gasteiger partial charge in [-0.3, -0.25) is 15.0 Å². The minimum atomic E-state index is -0.608. The Morgan fingerprint density at radius 1 is 1.50 bits per heavy atom. The lowest BCUT2D eigenvalue weighted by Gasteiger charge is -2.27. The smallest absolute Gasteiger partial charge is 0.294 e. The van der Waals surface area contributed by atoms with Crippen molar-refractivity contribution in [1.82, 2.24) is 15.4 Å². The third-order valence-corrected chi connectivity index (χ3v) is 4.84. The van der Waals surface area contributed by atoms with Gasteiger partial charge < -0.3 is 4.74 Å². The second-order valence-electron chi connectivity index (χ2n) is 5.28. The van der Waals surface area contributed by atoms with Gasteiger partial charge in [0, 0.05) is 18.0 Å². The molecule has 1 saturated heterocycles. The second-order valence-corrected chi connectivity index (χ2v) is 6.31.